The summed E-state index contributed by atoms with van der Waals surface area (Å²) >= 11 is 1.58. The molecule has 1 fully saturated rings. The lowest BCUT2D eigenvalue weighted by Gasteiger charge is -2.26. The van der Waals surface area contributed by atoms with E-state index in [1.165, 1.54) is 31.4 Å². The minimum atomic E-state index is -0.257. The molecule has 1 N–H and O–H groups in total. The van der Waals surface area contributed by atoms with E-state index in [2.05, 4.69) is 25.6 Å². The smallest absolute Gasteiger partial charge is 0.195 e. The molecule has 2 aliphatic rings. The molecule has 7 nitrogen and oxygen atoms in total. The van der Waals surface area contributed by atoms with Crippen molar-refractivity contribution in [2.45, 2.75) is 37.1 Å². The topological polar surface area (TPSA) is 67.6 Å². The van der Waals surface area contributed by atoms with E-state index in [4.69, 9.17) is 4.84 Å². The van der Waals surface area contributed by atoms with Gasteiger partial charge in [0.15, 0.2) is 16.8 Å². The molecule has 0 saturated carbocycles. The third-order valence-electron chi connectivity index (χ3n) is 5.82. The molecule has 9 heteroatoms. The highest BCUT2D eigenvalue weighted by molar-refractivity contribution is 7.99. The van der Waals surface area contributed by atoms with Crippen molar-refractivity contribution in [3.05, 3.63) is 71.8 Å². The number of halogens is 1. The minimum absolute atomic E-state index is 0.0913. The molecule has 3 heterocycles. The van der Waals surface area contributed by atoms with E-state index >= 15 is 0 Å². The lowest BCUT2D eigenvalue weighted by Crippen LogP contribution is -2.38. The maximum Gasteiger partial charge on any atom is 0.195 e. The first-order valence-electron chi connectivity index (χ1n) is 11.3. The maximum atomic E-state index is 13.6. The predicted molar refractivity (Wildman–Crippen MR) is 127 cm³/mol. The summed E-state index contributed by atoms with van der Waals surface area (Å²) in [5.74, 6) is 2.03. The molecule has 0 amide bonds. The van der Waals surface area contributed by atoms with Crippen LogP contribution in [-0.2, 0) is 11.4 Å². The van der Waals surface area contributed by atoms with Gasteiger partial charge >= 0.3 is 0 Å². The molecule has 0 spiro atoms. The van der Waals surface area contributed by atoms with Gasteiger partial charge in [0.05, 0.1) is 13.1 Å². The van der Waals surface area contributed by atoms with Crippen LogP contribution in [0.15, 0.2) is 64.7 Å². The van der Waals surface area contributed by atoms with Gasteiger partial charge in [-0.1, -0.05) is 48.5 Å². The summed E-state index contributed by atoms with van der Waals surface area (Å²) in [5, 5.41) is 9.74. The van der Waals surface area contributed by atoms with E-state index < -0.39 is 0 Å². The molecule has 3 aromatic rings. The fraction of sp³-hybridized carbons (Fsp3) is 0.375. The number of hydrogen-bond donors (Lipinski definition) is 1. The molecule has 0 aliphatic carbocycles. The van der Waals surface area contributed by atoms with Gasteiger partial charge in [0.2, 0.25) is 0 Å². The number of benzene rings is 2. The molecule has 172 valence electrons. The van der Waals surface area contributed by atoms with E-state index in [0.29, 0.717) is 12.3 Å². The van der Waals surface area contributed by atoms with Gasteiger partial charge in [-0.2, -0.15) is 0 Å². The van der Waals surface area contributed by atoms with Crippen LogP contribution in [0.25, 0.3) is 5.69 Å². The standard InChI is InChI=1S/C24H27FN6OS/c25-19-9-11-20(12-10-19)31-22(16-30-13-5-2-6-14-30)27-28-24(31)33-17-21-15-26-23(29-32-21)18-7-3-1-4-8-18/h1,3-4,7-12,21H,2,5-6,13-17H2,(H,26,29)/t21-/m1/s1. The second kappa shape index (κ2) is 10.5. The summed E-state index contributed by atoms with van der Waals surface area (Å²) in [6, 6.07) is 16.4. The molecule has 2 aliphatic heterocycles. The van der Waals surface area contributed by atoms with Crippen LogP contribution in [0.3, 0.4) is 0 Å². The quantitative estimate of drug-likeness (QED) is 0.534. The molecular weight excluding hydrogens is 439 g/mol. The van der Waals surface area contributed by atoms with Gasteiger partial charge in [0.25, 0.3) is 0 Å². The lowest BCUT2D eigenvalue weighted by molar-refractivity contribution is 0.0212. The van der Waals surface area contributed by atoms with Crippen LogP contribution < -0.4 is 5.48 Å². The number of thioether (sulfide) groups is 1. The Labute approximate surface area is 197 Å². The zero-order chi connectivity index (χ0) is 22.5. The largest absolute Gasteiger partial charge is 0.296 e. The number of aromatic nitrogens is 3. The molecule has 1 saturated heterocycles. The third-order valence-corrected chi connectivity index (χ3v) is 6.88. The Bertz CT molecular complexity index is 1080. The van der Waals surface area contributed by atoms with Crippen molar-refractivity contribution in [3.8, 4) is 5.69 Å². The Morgan fingerprint density at radius 3 is 2.52 bits per heavy atom. The van der Waals surface area contributed by atoms with E-state index in [-0.39, 0.29) is 11.9 Å². The Kier molecular flexibility index (Phi) is 6.99. The fourth-order valence-electron chi connectivity index (χ4n) is 4.07. The van der Waals surface area contributed by atoms with Crippen LogP contribution in [0, 0.1) is 5.82 Å². The van der Waals surface area contributed by atoms with Gasteiger partial charge in [-0.25, -0.2) is 9.87 Å². The molecule has 2 aromatic carbocycles. The molecule has 0 bridgehead atoms. The van der Waals surface area contributed by atoms with Crippen molar-refractivity contribution in [3.63, 3.8) is 0 Å². The minimum Gasteiger partial charge on any atom is -0.296 e. The number of rotatable bonds is 7. The zero-order valence-corrected chi connectivity index (χ0v) is 19.2. The van der Waals surface area contributed by atoms with Gasteiger partial charge in [0, 0.05) is 17.0 Å². The number of piperidine rings is 1. The van der Waals surface area contributed by atoms with Gasteiger partial charge in [-0.3, -0.25) is 19.3 Å². The van der Waals surface area contributed by atoms with Gasteiger partial charge in [-0.15, -0.1) is 10.2 Å². The molecule has 5 rings (SSSR count). The Balaban J connectivity index is 1.29. The van der Waals surface area contributed by atoms with E-state index in [1.54, 1.807) is 23.9 Å². The number of nitrogens with zero attached hydrogens (tertiary/aromatic N) is 5. The summed E-state index contributed by atoms with van der Waals surface area (Å²) < 4.78 is 15.6. The summed E-state index contributed by atoms with van der Waals surface area (Å²) in [6.07, 6.45) is 3.62. The van der Waals surface area contributed by atoms with E-state index in [0.717, 1.165) is 47.7 Å². The van der Waals surface area contributed by atoms with Crippen LogP contribution in [0.4, 0.5) is 4.39 Å². The normalized spacial score (nSPS) is 19.2. The Hall–Kier alpha value is -2.75. The fourth-order valence-corrected chi connectivity index (χ4v) is 5.01. The molecular formula is C24H27FN6OS. The zero-order valence-electron chi connectivity index (χ0n) is 18.4. The Morgan fingerprint density at radius 2 is 1.79 bits per heavy atom. The van der Waals surface area contributed by atoms with Crippen molar-refractivity contribution in [2.24, 2.45) is 4.99 Å². The van der Waals surface area contributed by atoms with Crippen molar-refractivity contribution in [1.29, 1.82) is 0 Å². The van der Waals surface area contributed by atoms with Crippen LogP contribution in [0.1, 0.15) is 30.7 Å². The summed E-state index contributed by atoms with van der Waals surface area (Å²) in [6.45, 7) is 3.44. The number of hydrogen-bond acceptors (Lipinski definition) is 7. The first-order chi connectivity index (χ1) is 16.3. The number of hydroxylamine groups is 1. The average Bonchev–Trinajstić information content (AvgIpc) is 3.27. The van der Waals surface area contributed by atoms with Crippen LogP contribution >= 0.6 is 11.8 Å². The summed E-state index contributed by atoms with van der Waals surface area (Å²) in [5.41, 5.74) is 4.84. The number of likely N-dealkylation sites (tertiary alicyclic amines) is 1. The van der Waals surface area contributed by atoms with Crippen molar-refractivity contribution in [2.75, 3.05) is 25.4 Å². The SMILES string of the molecule is Fc1ccc(-n2c(CN3CCCCC3)nnc2SC[C@H]2CN=C(c3ccccc3)NO2)cc1. The highest BCUT2D eigenvalue weighted by atomic mass is 32.2. The van der Waals surface area contributed by atoms with Crippen LogP contribution in [0.5, 0.6) is 0 Å². The van der Waals surface area contributed by atoms with Crippen LogP contribution in [-0.4, -0.2) is 57.0 Å². The van der Waals surface area contributed by atoms with Gasteiger partial charge in [-0.05, 0) is 50.2 Å². The average molecular weight is 467 g/mol. The predicted octanol–water partition coefficient (Wildman–Crippen LogP) is 3.83. The van der Waals surface area contributed by atoms with Gasteiger partial charge < -0.3 is 0 Å². The summed E-state index contributed by atoms with van der Waals surface area (Å²) in [4.78, 5) is 12.9. The third kappa shape index (κ3) is 5.43. The second-order valence-corrected chi connectivity index (χ2v) is 9.24. The summed E-state index contributed by atoms with van der Waals surface area (Å²) in [7, 11) is 0. The van der Waals surface area contributed by atoms with E-state index in [1.807, 2.05) is 34.9 Å². The monoisotopic (exact) mass is 466 g/mol. The molecule has 0 unspecified atom stereocenters. The Morgan fingerprint density at radius 1 is 1.00 bits per heavy atom. The number of nitrogens with one attached hydrogen (secondary N) is 1. The number of amidine groups is 1. The highest BCUT2D eigenvalue weighted by Crippen LogP contribution is 2.25. The van der Waals surface area contributed by atoms with Crippen molar-refractivity contribution < 1.29 is 9.23 Å². The van der Waals surface area contributed by atoms with Crippen molar-refractivity contribution >= 4 is 17.6 Å². The molecule has 1 aromatic heterocycles. The molecule has 1 atom stereocenters. The van der Waals surface area contributed by atoms with Crippen molar-refractivity contribution in [1.82, 2.24) is 25.1 Å². The highest BCUT2D eigenvalue weighted by Gasteiger charge is 2.22. The second-order valence-electron chi connectivity index (χ2n) is 8.26. The van der Waals surface area contributed by atoms with Crippen LogP contribution in [0.2, 0.25) is 0 Å². The first kappa shape index (κ1) is 22.1. The lowest BCUT2D eigenvalue weighted by atomic mass is 10.1. The molecule has 33 heavy (non-hydrogen) atoms. The van der Waals surface area contributed by atoms with Gasteiger partial charge in [0.1, 0.15) is 11.9 Å². The van der Waals surface area contributed by atoms with E-state index in [9.17, 15) is 4.39 Å². The maximum absolute atomic E-state index is 13.6. The first-order valence-corrected chi connectivity index (χ1v) is 12.3. The number of aliphatic imine (C=N–C) groups is 1. The molecule has 0 radical (unpaired) electrons.